The molecule has 3 aromatic carbocycles. The molecule has 0 amide bonds. The van der Waals surface area contributed by atoms with Gasteiger partial charge >= 0.3 is 37.9 Å². The number of halogens is 2. The van der Waals surface area contributed by atoms with Crippen LogP contribution in [0.3, 0.4) is 0 Å². The number of benzene rings is 2. The molecule has 0 aromatic heterocycles. The summed E-state index contributed by atoms with van der Waals surface area (Å²) in [6.07, 6.45) is 0. The van der Waals surface area contributed by atoms with E-state index in [4.69, 9.17) is 17.0 Å². The summed E-state index contributed by atoms with van der Waals surface area (Å²) in [4.78, 5) is 0. The van der Waals surface area contributed by atoms with Gasteiger partial charge in [0.25, 0.3) is 0 Å². The van der Waals surface area contributed by atoms with Gasteiger partial charge in [-0.3, -0.25) is 0 Å². The summed E-state index contributed by atoms with van der Waals surface area (Å²) in [5, 5.41) is 5.98. The molecule has 0 nitrogen and oxygen atoms in total. The van der Waals surface area contributed by atoms with Crippen molar-refractivity contribution in [3.05, 3.63) is 53.6 Å². The summed E-state index contributed by atoms with van der Waals surface area (Å²) >= 11 is -0.826. The third-order valence-corrected chi connectivity index (χ3v) is 9.78. The van der Waals surface area contributed by atoms with E-state index in [-0.39, 0.29) is 0 Å². The summed E-state index contributed by atoms with van der Waals surface area (Å²) < 4.78 is 0. The molecule has 0 saturated carbocycles. The van der Waals surface area contributed by atoms with Gasteiger partial charge in [0.05, 0.1) is 16.1 Å². The molecule has 0 aliphatic rings. The molecule has 0 heterocycles. The second kappa shape index (κ2) is 10.3. The Labute approximate surface area is 204 Å². The Balaban J connectivity index is 0.00000101. The molecule has 0 aliphatic carbocycles. The third-order valence-electron chi connectivity index (χ3n) is 5.74. The first-order valence-electron chi connectivity index (χ1n) is 10.6. The topological polar surface area (TPSA) is 0 Å². The van der Waals surface area contributed by atoms with E-state index in [1.807, 2.05) is 0 Å². The van der Waals surface area contributed by atoms with E-state index in [9.17, 15) is 0 Å². The van der Waals surface area contributed by atoms with Crippen LogP contribution in [-0.4, -0.2) is 16.1 Å². The Morgan fingerprint density at radius 2 is 1.33 bits per heavy atom. The van der Waals surface area contributed by atoms with Crippen LogP contribution in [0.15, 0.2) is 42.5 Å². The zero-order valence-corrected chi connectivity index (χ0v) is 25.8. The Bertz CT molecular complexity index is 976. The van der Waals surface area contributed by atoms with Gasteiger partial charge in [0, 0.05) is 0 Å². The van der Waals surface area contributed by atoms with Crippen molar-refractivity contribution in [2.24, 2.45) is 0 Å². The van der Waals surface area contributed by atoms with Gasteiger partial charge in [0.15, 0.2) is 0 Å². The quantitative estimate of drug-likeness (QED) is 0.226. The molecule has 0 radical (unpaired) electrons. The number of fused-ring (bicyclic) bond motifs is 1. The van der Waals surface area contributed by atoms with Crippen molar-refractivity contribution in [2.75, 3.05) is 0 Å². The van der Waals surface area contributed by atoms with Gasteiger partial charge in [0.1, 0.15) is 0 Å². The molecule has 0 N–H and O–H groups in total. The predicted molar refractivity (Wildman–Crippen MR) is 141 cm³/mol. The summed E-state index contributed by atoms with van der Waals surface area (Å²) in [5.41, 5.74) is 5.71. The molecule has 0 unspecified atom stereocenters. The first-order valence-corrected chi connectivity index (χ1v) is 23.9. The van der Waals surface area contributed by atoms with E-state index >= 15 is 0 Å². The van der Waals surface area contributed by atoms with Crippen molar-refractivity contribution in [3.8, 4) is 11.1 Å². The van der Waals surface area contributed by atoms with Gasteiger partial charge in [0.2, 0.25) is 0 Å². The fourth-order valence-corrected chi connectivity index (χ4v) is 6.27. The normalized spacial score (nSPS) is 12.1. The second-order valence-corrected chi connectivity index (χ2v) is 24.5. The molecule has 0 fully saturated rings. The number of rotatable bonds is 4. The van der Waals surface area contributed by atoms with Crippen LogP contribution >= 0.6 is 17.0 Å². The predicted octanol–water partition coefficient (Wildman–Crippen LogP) is 8.12. The Kier molecular flexibility index (Phi) is 8.96. The molecule has 162 valence electrons. The fraction of sp³-hybridized carbons (Fsp3) is 0.400. The summed E-state index contributed by atoms with van der Waals surface area (Å²) in [6.45, 7) is 21.6. The van der Waals surface area contributed by atoms with Crippen LogP contribution in [0.2, 0.25) is 39.3 Å². The Morgan fingerprint density at radius 1 is 0.833 bits per heavy atom. The second-order valence-electron chi connectivity index (χ2n) is 10.6. The van der Waals surface area contributed by atoms with E-state index < -0.39 is 37.0 Å². The summed E-state index contributed by atoms with van der Waals surface area (Å²) in [7, 11) is 7.10. The molecule has 0 spiro atoms. The van der Waals surface area contributed by atoms with Gasteiger partial charge < -0.3 is 0 Å². The first-order chi connectivity index (χ1) is 13.8. The zero-order chi connectivity index (χ0) is 22.9. The van der Waals surface area contributed by atoms with Crippen molar-refractivity contribution in [1.82, 2.24) is 0 Å². The van der Waals surface area contributed by atoms with Crippen molar-refractivity contribution < 1.29 is 20.8 Å². The Morgan fingerprint density at radius 3 is 1.77 bits per heavy atom. The first kappa shape index (κ1) is 26.2. The molecule has 3 rings (SSSR count). The van der Waals surface area contributed by atoms with Crippen LogP contribution in [0.4, 0.5) is 0 Å². The molecular formula is C25H35Cl2Si2Zr-. The molecule has 0 bridgehead atoms. The van der Waals surface area contributed by atoms with Crippen molar-refractivity contribution >= 4 is 54.3 Å². The van der Waals surface area contributed by atoms with Gasteiger partial charge in [-0.05, 0) is 18.4 Å². The molecule has 0 atom stereocenters. The van der Waals surface area contributed by atoms with Crippen LogP contribution in [0.25, 0.3) is 21.9 Å². The van der Waals surface area contributed by atoms with Crippen LogP contribution in [-0.2, 0) is 20.8 Å². The minimum absolute atomic E-state index is 0.566. The van der Waals surface area contributed by atoms with Gasteiger partial charge in [-0.25, -0.2) is 0 Å². The van der Waals surface area contributed by atoms with E-state index in [2.05, 4.69) is 103 Å². The minimum atomic E-state index is -1.38. The maximum absolute atomic E-state index is 4.93. The van der Waals surface area contributed by atoms with Gasteiger partial charge in [-0.2, -0.15) is 6.07 Å². The van der Waals surface area contributed by atoms with E-state index in [1.165, 1.54) is 33.0 Å². The SMILES string of the molecule is Cc1ccc2[cH-]c(C(C)C)cc2c1-c1cc([Si](C)(C)C)cc([Si](C)(C)C)c1.[Cl][Zr][Cl]. The summed E-state index contributed by atoms with van der Waals surface area (Å²) in [5.74, 6) is 0.566. The van der Waals surface area contributed by atoms with Gasteiger partial charge in [-0.1, -0.05) is 92.8 Å². The summed E-state index contributed by atoms with van der Waals surface area (Å²) in [6, 6.07) is 16.9. The van der Waals surface area contributed by atoms with Crippen LogP contribution in [0.1, 0.15) is 30.9 Å². The maximum atomic E-state index is 4.93. The molecule has 0 saturated heterocycles. The average molecular weight is 554 g/mol. The number of aryl methyl sites for hydroxylation is 1. The molecule has 5 heteroatoms. The third kappa shape index (κ3) is 6.26. The number of hydrogen-bond donors (Lipinski definition) is 0. The molecular weight excluding hydrogens is 519 g/mol. The number of hydrogen-bond acceptors (Lipinski definition) is 0. The molecule has 0 aliphatic heterocycles. The van der Waals surface area contributed by atoms with Crippen molar-refractivity contribution in [1.29, 1.82) is 0 Å². The average Bonchev–Trinajstić information content (AvgIpc) is 3.05. The van der Waals surface area contributed by atoms with Crippen LogP contribution in [0.5, 0.6) is 0 Å². The van der Waals surface area contributed by atoms with E-state index in [0.29, 0.717) is 5.92 Å². The van der Waals surface area contributed by atoms with Crippen LogP contribution < -0.4 is 10.4 Å². The van der Waals surface area contributed by atoms with E-state index in [1.54, 1.807) is 10.4 Å². The Hall–Kier alpha value is -0.0531. The molecule has 30 heavy (non-hydrogen) atoms. The monoisotopic (exact) mass is 551 g/mol. The zero-order valence-electron chi connectivity index (χ0n) is 19.9. The van der Waals surface area contributed by atoms with Crippen LogP contribution in [0, 0.1) is 6.92 Å². The molecule has 3 aromatic rings. The standard InChI is InChI=1S/C25H35Si2.2ClH.Zr/c1-17(2)20-12-19-11-10-18(3)25(24(19)15-20)21-13-22(26(4,5)6)16-23(14-21)27(7,8)9;;;/h10-17H,1-9H3;2*1H;/q-1;;;+2/p-2. The van der Waals surface area contributed by atoms with E-state index in [0.717, 1.165) is 0 Å². The van der Waals surface area contributed by atoms with Gasteiger partial charge in [-0.15, -0.1) is 34.5 Å². The van der Waals surface area contributed by atoms with Crippen molar-refractivity contribution in [3.63, 3.8) is 0 Å². The fourth-order valence-electron chi connectivity index (χ4n) is 3.77. The van der Waals surface area contributed by atoms with Crippen molar-refractivity contribution in [2.45, 2.75) is 66.0 Å².